The lowest BCUT2D eigenvalue weighted by molar-refractivity contribution is -0.115. The maximum atomic E-state index is 11.5. The van der Waals surface area contributed by atoms with Crippen LogP contribution in [-0.4, -0.2) is 25.8 Å². The lowest BCUT2D eigenvalue weighted by atomic mass is 10.3. The minimum atomic E-state index is -3.10. The van der Waals surface area contributed by atoms with Gasteiger partial charge >= 0.3 is 0 Å². The normalized spacial score (nSPS) is 11.1. The van der Waals surface area contributed by atoms with Crippen LogP contribution in [0.2, 0.25) is 0 Å². The van der Waals surface area contributed by atoms with Crippen LogP contribution in [0.15, 0.2) is 24.3 Å². The van der Waals surface area contributed by atoms with E-state index in [2.05, 4.69) is 5.32 Å². The second-order valence-electron chi connectivity index (χ2n) is 3.66. The number of nitrogen functional groups attached to an aromatic ring is 1. The smallest absolute Gasteiger partial charge is 0.225 e. The van der Waals surface area contributed by atoms with E-state index in [1.54, 1.807) is 31.2 Å². The minimum absolute atomic E-state index is 0.0367. The molecule has 0 saturated carbocycles. The Morgan fingerprint density at radius 3 is 2.71 bits per heavy atom. The van der Waals surface area contributed by atoms with Crippen LogP contribution >= 0.6 is 0 Å². The Labute approximate surface area is 101 Å². The van der Waals surface area contributed by atoms with E-state index in [4.69, 9.17) is 5.73 Å². The predicted octanol–water partition coefficient (Wildman–Crippen LogP) is 1.03. The highest BCUT2D eigenvalue weighted by Crippen LogP contribution is 2.12. The molecule has 1 amide bonds. The zero-order valence-corrected chi connectivity index (χ0v) is 10.5. The number of rotatable bonds is 5. The Morgan fingerprint density at radius 2 is 2.12 bits per heavy atom. The van der Waals surface area contributed by atoms with Crippen LogP contribution in [-0.2, 0) is 14.6 Å². The SMILES string of the molecule is CCS(=O)(=O)CCC(=O)Nc1cccc(N)c1. The monoisotopic (exact) mass is 256 g/mol. The molecule has 1 aromatic rings. The summed E-state index contributed by atoms with van der Waals surface area (Å²) >= 11 is 0. The Morgan fingerprint density at radius 1 is 1.41 bits per heavy atom. The number of nitrogens with one attached hydrogen (secondary N) is 1. The average Bonchev–Trinajstić information content (AvgIpc) is 2.27. The molecular formula is C11H16N2O3S. The molecule has 0 atom stereocenters. The molecule has 1 aromatic carbocycles. The molecule has 0 aliphatic carbocycles. The number of hydrogen-bond donors (Lipinski definition) is 2. The highest BCUT2D eigenvalue weighted by Gasteiger charge is 2.11. The van der Waals surface area contributed by atoms with Crippen molar-refractivity contribution in [1.29, 1.82) is 0 Å². The zero-order valence-electron chi connectivity index (χ0n) is 9.64. The number of hydrogen-bond acceptors (Lipinski definition) is 4. The van der Waals surface area contributed by atoms with Crippen LogP contribution < -0.4 is 11.1 Å². The van der Waals surface area contributed by atoms with E-state index >= 15 is 0 Å². The highest BCUT2D eigenvalue weighted by atomic mass is 32.2. The number of amides is 1. The first kappa shape index (κ1) is 13.5. The van der Waals surface area contributed by atoms with Gasteiger partial charge in [-0.15, -0.1) is 0 Å². The van der Waals surface area contributed by atoms with Crippen LogP contribution in [0, 0.1) is 0 Å². The molecular weight excluding hydrogens is 240 g/mol. The van der Waals surface area contributed by atoms with Gasteiger partial charge in [-0.3, -0.25) is 4.79 Å². The summed E-state index contributed by atoms with van der Waals surface area (Å²) in [5.41, 5.74) is 6.67. The molecule has 17 heavy (non-hydrogen) atoms. The van der Waals surface area contributed by atoms with Gasteiger partial charge in [-0.25, -0.2) is 8.42 Å². The van der Waals surface area contributed by atoms with E-state index in [0.717, 1.165) is 0 Å². The number of benzene rings is 1. The molecule has 0 aromatic heterocycles. The van der Waals surface area contributed by atoms with Crippen LogP contribution in [0.4, 0.5) is 11.4 Å². The van der Waals surface area contributed by atoms with Crippen molar-refractivity contribution in [2.75, 3.05) is 22.6 Å². The van der Waals surface area contributed by atoms with E-state index in [1.807, 2.05) is 0 Å². The Kier molecular flexibility index (Phi) is 4.51. The second-order valence-corrected chi connectivity index (χ2v) is 6.13. The summed E-state index contributed by atoms with van der Waals surface area (Å²) in [6.45, 7) is 1.56. The molecule has 0 bridgehead atoms. The Balaban J connectivity index is 2.51. The van der Waals surface area contributed by atoms with Crippen molar-refractivity contribution in [2.24, 2.45) is 0 Å². The van der Waals surface area contributed by atoms with Crippen molar-refractivity contribution in [3.8, 4) is 0 Å². The molecule has 0 unspecified atom stereocenters. The maximum absolute atomic E-state index is 11.5. The Hall–Kier alpha value is -1.56. The van der Waals surface area contributed by atoms with E-state index < -0.39 is 9.84 Å². The molecule has 0 aliphatic rings. The van der Waals surface area contributed by atoms with Gasteiger partial charge in [-0.1, -0.05) is 13.0 Å². The first-order valence-electron chi connectivity index (χ1n) is 5.29. The number of sulfone groups is 1. The van der Waals surface area contributed by atoms with Crippen molar-refractivity contribution < 1.29 is 13.2 Å². The van der Waals surface area contributed by atoms with Gasteiger partial charge in [0.1, 0.15) is 0 Å². The van der Waals surface area contributed by atoms with Crippen LogP contribution in [0.1, 0.15) is 13.3 Å². The molecule has 94 valence electrons. The molecule has 0 saturated heterocycles. The third-order valence-corrected chi connectivity index (χ3v) is 3.96. The lowest BCUT2D eigenvalue weighted by Gasteiger charge is -2.05. The largest absolute Gasteiger partial charge is 0.399 e. The summed E-state index contributed by atoms with van der Waals surface area (Å²) in [4.78, 5) is 11.5. The van der Waals surface area contributed by atoms with Gasteiger partial charge in [0, 0.05) is 23.5 Å². The first-order chi connectivity index (χ1) is 7.93. The second kappa shape index (κ2) is 5.67. The Bertz CT molecular complexity index is 497. The first-order valence-corrected chi connectivity index (χ1v) is 7.11. The standard InChI is InChI=1S/C11H16N2O3S/c1-2-17(15,16)7-6-11(14)13-10-5-3-4-9(12)8-10/h3-5,8H,2,6-7,12H2,1H3,(H,13,14). The lowest BCUT2D eigenvalue weighted by Crippen LogP contribution is -2.18. The van der Waals surface area contributed by atoms with Crippen molar-refractivity contribution in [3.05, 3.63) is 24.3 Å². The van der Waals surface area contributed by atoms with E-state index in [1.165, 1.54) is 0 Å². The van der Waals surface area contributed by atoms with E-state index in [9.17, 15) is 13.2 Å². The molecule has 0 radical (unpaired) electrons. The average molecular weight is 256 g/mol. The summed E-state index contributed by atoms with van der Waals surface area (Å²) in [6, 6.07) is 6.74. The molecule has 0 heterocycles. The summed E-state index contributed by atoms with van der Waals surface area (Å²) in [5.74, 6) is -0.399. The third kappa shape index (κ3) is 4.86. The fourth-order valence-electron chi connectivity index (χ4n) is 1.23. The molecule has 0 fully saturated rings. The van der Waals surface area contributed by atoms with E-state index in [0.29, 0.717) is 11.4 Å². The van der Waals surface area contributed by atoms with Gasteiger partial charge in [-0.2, -0.15) is 0 Å². The predicted molar refractivity (Wildman–Crippen MR) is 68.4 cm³/mol. The van der Waals surface area contributed by atoms with Gasteiger partial charge in [-0.05, 0) is 18.2 Å². The fourth-order valence-corrected chi connectivity index (χ4v) is 2.02. The van der Waals surface area contributed by atoms with Crippen molar-refractivity contribution in [3.63, 3.8) is 0 Å². The van der Waals surface area contributed by atoms with Gasteiger partial charge in [0.15, 0.2) is 9.84 Å². The highest BCUT2D eigenvalue weighted by molar-refractivity contribution is 7.91. The quantitative estimate of drug-likeness (QED) is 0.770. The number of carbonyl (C=O) groups is 1. The van der Waals surface area contributed by atoms with Gasteiger partial charge in [0.05, 0.1) is 5.75 Å². The van der Waals surface area contributed by atoms with E-state index in [-0.39, 0.29) is 23.8 Å². The van der Waals surface area contributed by atoms with Crippen molar-refractivity contribution in [2.45, 2.75) is 13.3 Å². The number of nitrogens with two attached hydrogens (primary N) is 1. The van der Waals surface area contributed by atoms with Crippen molar-refractivity contribution in [1.82, 2.24) is 0 Å². The molecule has 1 rings (SSSR count). The maximum Gasteiger partial charge on any atom is 0.225 e. The molecule has 5 nitrogen and oxygen atoms in total. The fraction of sp³-hybridized carbons (Fsp3) is 0.364. The van der Waals surface area contributed by atoms with Gasteiger partial charge < -0.3 is 11.1 Å². The minimum Gasteiger partial charge on any atom is -0.399 e. The summed E-state index contributed by atoms with van der Waals surface area (Å²) in [6.07, 6.45) is -0.0367. The molecule has 6 heteroatoms. The number of carbonyl (C=O) groups excluding carboxylic acids is 1. The molecule has 0 spiro atoms. The zero-order chi connectivity index (χ0) is 12.9. The van der Waals surface area contributed by atoms with Gasteiger partial charge in [0.25, 0.3) is 0 Å². The summed E-state index contributed by atoms with van der Waals surface area (Å²) in [7, 11) is -3.10. The van der Waals surface area contributed by atoms with Crippen LogP contribution in [0.25, 0.3) is 0 Å². The molecule has 3 N–H and O–H groups in total. The third-order valence-electron chi connectivity index (χ3n) is 2.25. The van der Waals surface area contributed by atoms with Crippen molar-refractivity contribution >= 4 is 27.1 Å². The number of anilines is 2. The summed E-state index contributed by atoms with van der Waals surface area (Å²) < 4.78 is 22.4. The topological polar surface area (TPSA) is 89.3 Å². The van der Waals surface area contributed by atoms with Crippen LogP contribution in [0.5, 0.6) is 0 Å². The summed E-state index contributed by atoms with van der Waals surface area (Å²) in [5, 5.41) is 2.60. The van der Waals surface area contributed by atoms with Crippen LogP contribution in [0.3, 0.4) is 0 Å². The molecule has 0 aliphatic heterocycles. The van der Waals surface area contributed by atoms with Gasteiger partial charge in [0.2, 0.25) is 5.91 Å².